The molecule has 3 nitrogen and oxygen atoms in total. The van der Waals surface area contributed by atoms with E-state index in [9.17, 15) is 4.79 Å². The fourth-order valence-corrected chi connectivity index (χ4v) is 0.827. The van der Waals surface area contributed by atoms with Crippen LogP contribution in [0.2, 0.25) is 0 Å². The quantitative estimate of drug-likeness (QED) is 0.389. The molecular formula is C8H10BrNO2. The standard InChI is InChI=1S/C8H10NO2.BrH/c1-9-5-3-4-7(6-9)8(10)11-2;/h3-6H,1-2H3;1H/q+1;/p-1. The maximum Gasteiger partial charge on any atom is 0.343 e. The Morgan fingerprint density at radius 2 is 2.25 bits per heavy atom. The van der Waals surface area contributed by atoms with Crippen molar-refractivity contribution in [2.45, 2.75) is 0 Å². The highest BCUT2D eigenvalue weighted by atomic mass is 79.9. The summed E-state index contributed by atoms with van der Waals surface area (Å²) in [6.45, 7) is 0. The molecule has 0 atom stereocenters. The Bertz CT molecular complexity index is 276. The molecule has 0 bridgehead atoms. The summed E-state index contributed by atoms with van der Waals surface area (Å²) in [6, 6.07) is 3.51. The zero-order valence-electron chi connectivity index (χ0n) is 6.95. The molecule has 0 N–H and O–H groups in total. The second-order valence-corrected chi connectivity index (χ2v) is 2.25. The van der Waals surface area contributed by atoms with Crippen molar-refractivity contribution in [3.8, 4) is 0 Å². The molecule has 0 spiro atoms. The topological polar surface area (TPSA) is 30.2 Å². The van der Waals surface area contributed by atoms with Crippen LogP contribution in [0.5, 0.6) is 0 Å². The lowest BCUT2D eigenvalue weighted by atomic mass is 10.3. The lowest BCUT2D eigenvalue weighted by Gasteiger charge is -1.94. The molecule has 0 aliphatic carbocycles. The second kappa shape index (κ2) is 4.87. The first-order valence-corrected chi connectivity index (χ1v) is 3.27. The van der Waals surface area contributed by atoms with E-state index < -0.39 is 0 Å². The Hall–Kier alpha value is -0.900. The number of ether oxygens (including phenoxy) is 1. The van der Waals surface area contributed by atoms with Crippen molar-refractivity contribution in [3.63, 3.8) is 0 Å². The Morgan fingerprint density at radius 3 is 2.75 bits per heavy atom. The Labute approximate surface area is 81.7 Å². The number of aryl methyl sites for hydroxylation is 1. The second-order valence-electron chi connectivity index (χ2n) is 2.25. The first kappa shape index (κ1) is 11.1. The molecule has 0 saturated heterocycles. The van der Waals surface area contributed by atoms with Crippen LogP contribution in [0.25, 0.3) is 0 Å². The summed E-state index contributed by atoms with van der Waals surface area (Å²) in [6.07, 6.45) is 3.57. The van der Waals surface area contributed by atoms with Crippen LogP contribution >= 0.6 is 0 Å². The third-order valence-electron chi connectivity index (χ3n) is 1.36. The van der Waals surface area contributed by atoms with Gasteiger partial charge in [0.15, 0.2) is 12.4 Å². The summed E-state index contributed by atoms with van der Waals surface area (Å²) in [5, 5.41) is 0. The average Bonchev–Trinajstić information content (AvgIpc) is 2.03. The smallest absolute Gasteiger partial charge is 0.343 e. The van der Waals surface area contributed by atoms with Crippen molar-refractivity contribution in [2.24, 2.45) is 7.05 Å². The predicted octanol–water partition coefficient (Wildman–Crippen LogP) is -2.70. The van der Waals surface area contributed by atoms with E-state index >= 15 is 0 Å². The molecule has 1 aromatic rings. The largest absolute Gasteiger partial charge is 1.00 e. The number of carbonyl (C=O) groups excluding carboxylic acids is 1. The molecule has 0 aromatic carbocycles. The molecule has 66 valence electrons. The van der Waals surface area contributed by atoms with Crippen molar-refractivity contribution in [1.82, 2.24) is 0 Å². The molecule has 0 unspecified atom stereocenters. The molecule has 0 fully saturated rings. The van der Waals surface area contributed by atoms with Gasteiger partial charge in [0, 0.05) is 6.07 Å². The van der Waals surface area contributed by atoms with E-state index in [1.165, 1.54) is 7.11 Å². The van der Waals surface area contributed by atoms with Gasteiger partial charge >= 0.3 is 5.97 Å². The van der Waals surface area contributed by atoms with E-state index in [4.69, 9.17) is 0 Å². The van der Waals surface area contributed by atoms with Crippen LogP contribution in [0.3, 0.4) is 0 Å². The number of aromatic nitrogens is 1. The first-order valence-electron chi connectivity index (χ1n) is 3.27. The minimum atomic E-state index is -0.304. The van der Waals surface area contributed by atoms with Gasteiger partial charge < -0.3 is 21.7 Å². The molecule has 0 aliphatic rings. The van der Waals surface area contributed by atoms with Gasteiger partial charge in [-0.25, -0.2) is 9.36 Å². The summed E-state index contributed by atoms with van der Waals surface area (Å²) >= 11 is 0. The number of methoxy groups -OCH3 is 1. The highest BCUT2D eigenvalue weighted by Gasteiger charge is 2.07. The molecule has 1 heterocycles. The molecule has 4 heteroatoms. The zero-order chi connectivity index (χ0) is 8.27. The van der Waals surface area contributed by atoms with E-state index in [1.807, 2.05) is 13.2 Å². The minimum absolute atomic E-state index is 0. The van der Waals surface area contributed by atoms with Crippen molar-refractivity contribution in [3.05, 3.63) is 30.1 Å². The first-order chi connectivity index (χ1) is 5.24. The fraction of sp³-hybridized carbons (Fsp3) is 0.250. The molecule has 12 heavy (non-hydrogen) atoms. The molecule has 1 rings (SSSR count). The van der Waals surface area contributed by atoms with Crippen molar-refractivity contribution in [1.29, 1.82) is 0 Å². The minimum Gasteiger partial charge on any atom is -1.00 e. The van der Waals surface area contributed by atoms with Gasteiger partial charge in [-0.3, -0.25) is 0 Å². The summed E-state index contributed by atoms with van der Waals surface area (Å²) in [5.41, 5.74) is 0.567. The molecule has 0 amide bonds. The van der Waals surface area contributed by atoms with Crippen LogP contribution < -0.4 is 21.5 Å². The Kier molecular flexibility index (Phi) is 4.51. The summed E-state index contributed by atoms with van der Waals surface area (Å²) in [5.74, 6) is -0.304. The normalized spacial score (nSPS) is 8.50. The van der Waals surface area contributed by atoms with Gasteiger partial charge in [0.2, 0.25) is 0 Å². The van der Waals surface area contributed by atoms with Gasteiger partial charge in [-0.2, -0.15) is 0 Å². The lowest BCUT2D eigenvalue weighted by molar-refractivity contribution is -0.671. The van der Waals surface area contributed by atoms with Gasteiger partial charge in [-0.15, -0.1) is 0 Å². The predicted molar refractivity (Wildman–Crippen MR) is 39.0 cm³/mol. The van der Waals surface area contributed by atoms with E-state index in [1.54, 1.807) is 22.9 Å². The summed E-state index contributed by atoms with van der Waals surface area (Å²) in [7, 11) is 3.22. The van der Waals surface area contributed by atoms with Crippen LogP contribution in [-0.4, -0.2) is 13.1 Å². The molecule has 0 aliphatic heterocycles. The van der Waals surface area contributed by atoms with E-state index in [0.29, 0.717) is 5.56 Å². The highest BCUT2D eigenvalue weighted by Crippen LogP contribution is 1.95. The zero-order valence-corrected chi connectivity index (χ0v) is 8.54. The Morgan fingerprint density at radius 1 is 1.58 bits per heavy atom. The van der Waals surface area contributed by atoms with Crippen LogP contribution in [-0.2, 0) is 11.8 Å². The number of hydrogen-bond donors (Lipinski definition) is 0. The third kappa shape index (κ3) is 2.62. The van der Waals surface area contributed by atoms with E-state index in [0.717, 1.165) is 0 Å². The van der Waals surface area contributed by atoms with Crippen molar-refractivity contribution >= 4 is 5.97 Å². The van der Waals surface area contributed by atoms with Gasteiger partial charge in [0.25, 0.3) is 0 Å². The van der Waals surface area contributed by atoms with E-state index in [2.05, 4.69) is 4.74 Å². The number of pyridine rings is 1. The SMILES string of the molecule is COC(=O)c1ccc[n+](C)c1.[Br-]. The van der Waals surface area contributed by atoms with Gasteiger partial charge in [-0.1, -0.05) is 0 Å². The number of esters is 1. The molecule has 1 aromatic heterocycles. The highest BCUT2D eigenvalue weighted by molar-refractivity contribution is 5.88. The molecule has 0 radical (unpaired) electrons. The van der Waals surface area contributed by atoms with Crippen molar-refractivity contribution in [2.75, 3.05) is 7.11 Å². The number of halogens is 1. The molecule has 0 saturated carbocycles. The number of nitrogens with zero attached hydrogens (tertiary/aromatic N) is 1. The summed E-state index contributed by atoms with van der Waals surface area (Å²) < 4.78 is 6.34. The molecular weight excluding hydrogens is 222 g/mol. The Balaban J connectivity index is 0.00000121. The van der Waals surface area contributed by atoms with Crippen LogP contribution in [0.1, 0.15) is 10.4 Å². The third-order valence-corrected chi connectivity index (χ3v) is 1.36. The van der Waals surface area contributed by atoms with Crippen molar-refractivity contribution < 1.29 is 31.1 Å². The summed E-state index contributed by atoms with van der Waals surface area (Å²) in [4.78, 5) is 10.9. The van der Waals surface area contributed by atoms with Crippen LogP contribution in [0.4, 0.5) is 0 Å². The lowest BCUT2D eigenvalue weighted by Crippen LogP contribution is -3.00. The van der Waals surface area contributed by atoms with E-state index in [-0.39, 0.29) is 23.0 Å². The average molecular weight is 232 g/mol. The van der Waals surface area contributed by atoms with Gasteiger partial charge in [-0.05, 0) is 6.07 Å². The van der Waals surface area contributed by atoms with Gasteiger partial charge in [0.1, 0.15) is 12.6 Å². The van der Waals surface area contributed by atoms with Crippen LogP contribution in [0.15, 0.2) is 24.5 Å². The monoisotopic (exact) mass is 231 g/mol. The number of rotatable bonds is 1. The number of hydrogen-bond acceptors (Lipinski definition) is 2. The van der Waals surface area contributed by atoms with Gasteiger partial charge in [0.05, 0.1) is 7.11 Å². The maximum absolute atomic E-state index is 10.9. The van der Waals surface area contributed by atoms with Crippen LogP contribution in [0, 0.1) is 0 Å². The number of carbonyl (C=O) groups is 1. The fourth-order valence-electron chi connectivity index (χ4n) is 0.827. The maximum atomic E-state index is 10.9.